The highest BCUT2D eigenvalue weighted by atomic mass is 16.6. The smallest absolute Gasteiger partial charge is 0.270 e. The van der Waals surface area contributed by atoms with Gasteiger partial charge in [0.05, 0.1) is 4.92 Å². The van der Waals surface area contributed by atoms with E-state index in [1.807, 2.05) is 30.2 Å². The number of likely N-dealkylation sites (N-methyl/N-ethyl adjacent to an activating group) is 1. The lowest BCUT2D eigenvalue weighted by Crippen LogP contribution is -2.53. The van der Waals surface area contributed by atoms with Crippen LogP contribution < -0.4 is 0 Å². The van der Waals surface area contributed by atoms with E-state index in [1.165, 1.54) is 17.2 Å². The highest BCUT2D eigenvalue weighted by Gasteiger charge is 2.44. The zero-order valence-corrected chi connectivity index (χ0v) is 14.8. The van der Waals surface area contributed by atoms with E-state index >= 15 is 0 Å². The lowest BCUT2D eigenvalue weighted by atomic mass is 9.65. The number of amides is 1. The van der Waals surface area contributed by atoms with Crippen LogP contribution in [-0.2, 0) is 16.6 Å². The summed E-state index contributed by atoms with van der Waals surface area (Å²) >= 11 is 0. The molecule has 1 aliphatic heterocycles. The predicted octanol–water partition coefficient (Wildman–Crippen LogP) is 3.86. The molecular weight excluding hydrogens is 328 g/mol. The predicted molar refractivity (Wildman–Crippen MR) is 99.9 cm³/mol. The fourth-order valence-electron chi connectivity index (χ4n) is 4.39. The molecule has 0 bridgehead atoms. The largest absolute Gasteiger partial charge is 0.338 e. The molecule has 4 rings (SSSR count). The Hall–Kier alpha value is -2.95. The van der Waals surface area contributed by atoms with Gasteiger partial charge in [0, 0.05) is 36.7 Å². The molecule has 0 aromatic heterocycles. The minimum atomic E-state index is -0.368. The molecule has 1 amide bonds. The van der Waals surface area contributed by atoms with Gasteiger partial charge in [-0.1, -0.05) is 36.4 Å². The van der Waals surface area contributed by atoms with Gasteiger partial charge in [-0.05, 0) is 42.0 Å². The lowest BCUT2D eigenvalue weighted by molar-refractivity contribution is -0.384. The number of carbonyl (C=O) groups is 1. The van der Waals surface area contributed by atoms with E-state index in [0.717, 1.165) is 24.0 Å². The molecule has 132 valence electrons. The highest BCUT2D eigenvalue weighted by Crippen LogP contribution is 2.43. The quantitative estimate of drug-likeness (QED) is 0.611. The van der Waals surface area contributed by atoms with Gasteiger partial charge in [0.2, 0.25) is 5.91 Å². The van der Waals surface area contributed by atoms with Crippen molar-refractivity contribution in [3.8, 4) is 11.1 Å². The number of non-ortho nitro benzene ring substituents is 1. The fraction of sp³-hybridized carbons (Fsp3) is 0.286. The van der Waals surface area contributed by atoms with E-state index in [-0.39, 0.29) is 28.0 Å². The minimum Gasteiger partial charge on any atom is -0.338 e. The summed E-state index contributed by atoms with van der Waals surface area (Å²) in [5, 5.41) is 11.0. The Kier molecular flexibility index (Phi) is 3.68. The second-order valence-corrected chi connectivity index (χ2v) is 7.30. The number of carbonyl (C=O) groups excluding carboxylic acids is 1. The molecule has 2 aromatic carbocycles. The standard InChI is InChI=1S/C21H20N2O3/c1-21-11-10-20(24)22(2)19(21)9-7-16-12-15(6-8-18(16)21)14-4-3-5-17(13-14)23(25)26/h3-6,8,10-13,19H,7,9H2,1-2H3/t19-,21-/m1/s1. The highest BCUT2D eigenvalue weighted by molar-refractivity contribution is 5.89. The number of hydrogen-bond acceptors (Lipinski definition) is 3. The van der Waals surface area contributed by atoms with E-state index in [2.05, 4.69) is 19.1 Å². The normalized spacial score (nSPS) is 24.2. The number of hydrogen-bond donors (Lipinski definition) is 0. The van der Waals surface area contributed by atoms with Gasteiger partial charge in [-0.2, -0.15) is 0 Å². The summed E-state index contributed by atoms with van der Waals surface area (Å²) < 4.78 is 0. The van der Waals surface area contributed by atoms with Crippen molar-refractivity contribution in [1.82, 2.24) is 4.90 Å². The van der Waals surface area contributed by atoms with Crippen molar-refractivity contribution < 1.29 is 9.72 Å². The van der Waals surface area contributed by atoms with E-state index in [9.17, 15) is 14.9 Å². The van der Waals surface area contributed by atoms with E-state index < -0.39 is 0 Å². The van der Waals surface area contributed by atoms with E-state index in [1.54, 1.807) is 18.2 Å². The molecule has 0 unspecified atom stereocenters. The third-order valence-electron chi connectivity index (χ3n) is 5.84. The van der Waals surface area contributed by atoms with Gasteiger partial charge >= 0.3 is 0 Å². The molecule has 5 heteroatoms. The molecule has 2 aliphatic rings. The van der Waals surface area contributed by atoms with Crippen molar-refractivity contribution in [2.75, 3.05) is 7.05 Å². The van der Waals surface area contributed by atoms with Gasteiger partial charge in [0.25, 0.3) is 5.69 Å². The van der Waals surface area contributed by atoms with Gasteiger partial charge < -0.3 is 4.90 Å². The average Bonchev–Trinajstić information content (AvgIpc) is 2.65. The number of benzene rings is 2. The number of rotatable bonds is 2. The Morgan fingerprint density at radius 3 is 2.73 bits per heavy atom. The summed E-state index contributed by atoms with van der Waals surface area (Å²) in [6, 6.07) is 13.2. The zero-order chi connectivity index (χ0) is 18.5. The Morgan fingerprint density at radius 1 is 1.19 bits per heavy atom. The molecule has 0 saturated carbocycles. The second kappa shape index (κ2) is 5.80. The Bertz CT molecular complexity index is 950. The molecule has 2 atom stereocenters. The van der Waals surface area contributed by atoms with Gasteiger partial charge in [0.15, 0.2) is 0 Å². The maximum Gasteiger partial charge on any atom is 0.270 e. The van der Waals surface area contributed by atoms with Crippen molar-refractivity contribution >= 4 is 11.6 Å². The van der Waals surface area contributed by atoms with Gasteiger partial charge in [-0.3, -0.25) is 14.9 Å². The van der Waals surface area contributed by atoms with Gasteiger partial charge in [-0.15, -0.1) is 0 Å². The first-order valence-corrected chi connectivity index (χ1v) is 8.74. The molecule has 0 fully saturated rings. The van der Waals surface area contributed by atoms with Crippen molar-refractivity contribution in [2.24, 2.45) is 0 Å². The van der Waals surface area contributed by atoms with Crippen LogP contribution in [0.4, 0.5) is 5.69 Å². The number of nitrogens with zero attached hydrogens (tertiary/aromatic N) is 2. The first-order valence-electron chi connectivity index (χ1n) is 8.74. The fourth-order valence-corrected chi connectivity index (χ4v) is 4.39. The van der Waals surface area contributed by atoms with Crippen LogP contribution in [0.1, 0.15) is 24.5 Å². The van der Waals surface area contributed by atoms with Crippen molar-refractivity contribution in [3.63, 3.8) is 0 Å². The third kappa shape index (κ3) is 2.43. The number of nitro benzene ring substituents is 1. The SMILES string of the molecule is CN1C(=O)C=C[C@]2(C)c3ccc(-c4cccc([N+](=O)[O-])c4)cc3CC[C@@H]12. The maximum atomic E-state index is 12.0. The topological polar surface area (TPSA) is 63.5 Å². The van der Waals surface area contributed by atoms with Crippen molar-refractivity contribution in [2.45, 2.75) is 31.2 Å². The molecule has 0 radical (unpaired) electrons. The van der Waals surface area contributed by atoms with Crippen LogP contribution in [0, 0.1) is 10.1 Å². The van der Waals surface area contributed by atoms with E-state index in [0.29, 0.717) is 0 Å². The van der Waals surface area contributed by atoms with Crippen LogP contribution in [0.2, 0.25) is 0 Å². The third-order valence-corrected chi connectivity index (χ3v) is 5.84. The van der Waals surface area contributed by atoms with Crippen LogP contribution in [0.25, 0.3) is 11.1 Å². The molecule has 0 saturated heterocycles. The van der Waals surface area contributed by atoms with Crippen molar-refractivity contribution in [1.29, 1.82) is 0 Å². The van der Waals surface area contributed by atoms with Crippen LogP contribution in [0.5, 0.6) is 0 Å². The Labute approximate surface area is 152 Å². The molecule has 5 nitrogen and oxygen atoms in total. The zero-order valence-electron chi connectivity index (χ0n) is 14.8. The molecule has 1 heterocycles. The summed E-state index contributed by atoms with van der Waals surface area (Å²) in [4.78, 5) is 24.5. The number of nitro groups is 1. The summed E-state index contributed by atoms with van der Waals surface area (Å²) in [6.45, 7) is 2.18. The van der Waals surface area contributed by atoms with Gasteiger partial charge in [0.1, 0.15) is 0 Å². The number of fused-ring (bicyclic) bond motifs is 3. The van der Waals surface area contributed by atoms with Crippen LogP contribution in [0.15, 0.2) is 54.6 Å². The number of aryl methyl sites for hydroxylation is 1. The van der Waals surface area contributed by atoms with Crippen LogP contribution >= 0.6 is 0 Å². The van der Waals surface area contributed by atoms with Crippen LogP contribution in [-0.4, -0.2) is 28.8 Å². The first kappa shape index (κ1) is 16.5. The second-order valence-electron chi connectivity index (χ2n) is 7.30. The summed E-state index contributed by atoms with van der Waals surface area (Å²) in [5.74, 6) is 0.0594. The summed E-state index contributed by atoms with van der Waals surface area (Å²) in [7, 11) is 1.87. The molecule has 0 N–H and O–H groups in total. The summed E-state index contributed by atoms with van der Waals surface area (Å²) in [6.07, 6.45) is 5.50. The van der Waals surface area contributed by atoms with Crippen molar-refractivity contribution in [3.05, 3.63) is 75.9 Å². The van der Waals surface area contributed by atoms with Crippen LogP contribution in [0.3, 0.4) is 0 Å². The minimum absolute atomic E-state index is 0.0594. The molecule has 0 spiro atoms. The first-order chi connectivity index (χ1) is 12.4. The Morgan fingerprint density at radius 2 is 1.96 bits per heavy atom. The molecule has 1 aliphatic carbocycles. The molecule has 26 heavy (non-hydrogen) atoms. The summed E-state index contributed by atoms with van der Waals surface area (Å²) in [5.41, 5.74) is 4.22. The monoisotopic (exact) mass is 348 g/mol. The molecule has 2 aromatic rings. The Balaban J connectivity index is 1.78. The maximum absolute atomic E-state index is 12.0. The average molecular weight is 348 g/mol. The molecular formula is C21H20N2O3. The van der Waals surface area contributed by atoms with Gasteiger partial charge in [-0.25, -0.2) is 0 Å². The van der Waals surface area contributed by atoms with E-state index in [4.69, 9.17) is 0 Å². The lowest BCUT2D eigenvalue weighted by Gasteiger charge is -2.47.